The molecule has 0 aromatic rings. The van der Waals surface area contributed by atoms with Crippen molar-refractivity contribution in [1.29, 1.82) is 0 Å². The third-order valence-electron chi connectivity index (χ3n) is 4.59. The van der Waals surface area contributed by atoms with E-state index in [9.17, 15) is 9.36 Å². The topological polar surface area (TPSA) is 157 Å². The summed E-state index contributed by atoms with van der Waals surface area (Å²) < 4.78 is 13.8. The Morgan fingerprint density at radius 2 is 1.32 bits per heavy atom. The molecular formula is C21H46NO8P. The fourth-order valence-electron chi connectivity index (χ4n) is 2.82. The molecule has 0 aliphatic carbocycles. The molecule has 0 spiro atoms. The average molecular weight is 472 g/mol. The van der Waals surface area contributed by atoms with E-state index in [-0.39, 0.29) is 12.5 Å². The smallest absolute Gasteiger partial charge is 0.395 e. The van der Waals surface area contributed by atoms with Crippen molar-refractivity contribution in [3.8, 4) is 0 Å². The Balaban J connectivity index is 0. The van der Waals surface area contributed by atoms with Crippen LogP contribution in [-0.2, 0) is 13.9 Å². The zero-order chi connectivity index (χ0) is 23.8. The second-order valence-corrected chi connectivity index (χ2v) is 8.93. The quantitative estimate of drug-likeness (QED) is 0.117. The highest BCUT2D eigenvalue weighted by Gasteiger charge is 2.15. The van der Waals surface area contributed by atoms with Crippen molar-refractivity contribution in [2.45, 2.75) is 103 Å². The van der Waals surface area contributed by atoms with Gasteiger partial charge in [-0.15, -0.1) is 0 Å². The van der Waals surface area contributed by atoms with Gasteiger partial charge in [-0.05, 0) is 6.42 Å². The van der Waals surface area contributed by atoms with Crippen LogP contribution >= 0.6 is 7.82 Å². The molecule has 10 heteroatoms. The number of phosphoric ester groups is 1. The first-order chi connectivity index (χ1) is 14.8. The first-order valence-electron chi connectivity index (χ1n) is 11.6. The molecule has 1 amide bonds. The summed E-state index contributed by atoms with van der Waals surface area (Å²) in [5.74, 6) is 0.0760. The van der Waals surface area contributed by atoms with Crippen molar-refractivity contribution in [3.05, 3.63) is 0 Å². The largest absolute Gasteiger partial charge is 0.469 e. The molecule has 31 heavy (non-hydrogen) atoms. The first kappa shape index (κ1) is 32.6. The molecule has 0 fully saturated rings. The predicted molar refractivity (Wildman–Crippen MR) is 121 cm³/mol. The summed E-state index contributed by atoms with van der Waals surface area (Å²) in [5.41, 5.74) is 0. The van der Waals surface area contributed by atoms with Crippen molar-refractivity contribution in [2.24, 2.45) is 0 Å². The Labute approximate surface area is 187 Å². The molecule has 0 bridgehead atoms. The van der Waals surface area contributed by atoms with Crippen LogP contribution in [0.2, 0.25) is 0 Å². The van der Waals surface area contributed by atoms with Gasteiger partial charge >= 0.3 is 7.82 Å². The molecule has 1 atom stereocenters. The van der Waals surface area contributed by atoms with Crippen LogP contribution in [0.4, 0.5) is 0 Å². The zero-order valence-electron chi connectivity index (χ0n) is 19.2. The second-order valence-electron chi connectivity index (χ2n) is 7.69. The number of aliphatic hydroxyl groups excluding tert-OH is 3. The Morgan fingerprint density at radius 1 is 0.871 bits per heavy atom. The molecule has 0 saturated heterocycles. The highest BCUT2D eigenvalue weighted by molar-refractivity contribution is 7.46. The number of hydrogen-bond donors (Lipinski definition) is 6. The zero-order valence-corrected chi connectivity index (χ0v) is 20.1. The lowest BCUT2D eigenvalue weighted by Gasteiger charge is -2.07. The van der Waals surface area contributed by atoms with E-state index < -0.39 is 27.1 Å². The number of unbranched alkanes of at least 4 members (excludes halogenated alkanes) is 12. The standard InChI is InChI=1S/C18H37NO2.C3H9O6P/c1-2-3-4-5-6-7-8-9-10-11-12-13-14-15-18(21)19-16-17-20;4-1-3(5)2-9-10(6,7)8/h20H,2-17H2,1H3,(H,19,21);3-5H,1-2H2,(H2,6,7,8). The molecule has 188 valence electrons. The van der Waals surface area contributed by atoms with Crippen LogP contribution in [0.15, 0.2) is 0 Å². The summed E-state index contributed by atoms with van der Waals surface area (Å²) in [6.07, 6.45) is 16.6. The van der Waals surface area contributed by atoms with Gasteiger partial charge in [-0.25, -0.2) is 4.57 Å². The summed E-state index contributed by atoms with van der Waals surface area (Å²) in [7, 11) is -4.50. The van der Waals surface area contributed by atoms with E-state index in [1.54, 1.807) is 0 Å². The number of nitrogens with one attached hydrogen (secondary N) is 1. The van der Waals surface area contributed by atoms with Crippen LogP contribution in [0.25, 0.3) is 0 Å². The molecule has 0 radical (unpaired) electrons. The normalized spacial score (nSPS) is 12.2. The lowest BCUT2D eigenvalue weighted by Crippen LogP contribution is -2.25. The van der Waals surface area contributed by atoms with E-state index in [2.05, 4.69) is 16.8 Å². The number of phosphoric acid groups is 1. The highest BCUT2D eigenvalue weighted by Crippen LogP contribution is 2.35. The van der Waals surface area contributed by atoms with Crippen molar-refractivity contribution in [2.75, 3.05) is 26.4 Å². The van der Waals surface area contributed by atoms with E-state index in [0.717, 1.165) is 12.8 Å². The molecular weight excluding hydrogens is 425 g/mol. The third-order valence-corrected chi connectivity index (χ3v) is 5.07. The molecule has 9 nitrogen and oxygen atoms in total. The molecule has 6 N–H and O–H groups in total. The molecule has 0 saturated carbocycles. The van der Waals surface area contributed by atoms with Crippen molar-refractivity contribution in [3.63, 3.8) is 0 Å². The summed E-state index contributed by atoms with van der Waals surface area (Å²) in [5, 5.41) is 27.9. The summed E-state index contributed by atoms with van der Waals surface area (Å²) in [4.78, 5) is 27.4. The Kier molecular flexibility index (Phi) is 25.4. The summed E-state index contributed by atoms with van der Waals surface area (Å²) in [6.45, 7) is 1.53. The lowest BCUT2D eigenvalue weighted by atomic mass is 10.0. The van der Waals surface area contributed by atoms with Crippen LogP contribution in [0.5, 0.6) is 0 Å². The van der Waals surface area contributed by atoms with Crippen molar-refractivity contribution >= 4 is 13.7 Å². The van der Waals surface area contributed by atoms with Crippen molar-refractivity contribution < 1.29 is 39.0 Å². The van der Waals surface area contributed by atoms with E-state index in [1.165, 1.54) is 70.6 Å². The monoisotopic (exact) mass is 471 g/mol. The van der Waals surface area contributed by atoms with Crippen LogP contribution in [0, 0.1) is 0 Å². The summed E-state index contributed by atoms with van der Waals surface area (Å²) in [6, 6.07) is 0. The highest BCUT2D eigenvalue weighted by atomic mass is 31.2. The molecule has 0 rings (SSSR count). The van der Waals surface area contributed by atoms with E-state index >= 15 is 0 Å². The molecule has 1 unspecified atom stereocenters. The number of amides is 1. The Morgan fingerprint density at radius 3 is 1.71 bits per heavy atom. The van der Waals surface area contributed by atoms with Gasteiger partial charge < -0.3 is 30.4 Å². The molecule has 0 aliphatic rings. The minimum atomic E-state index is -4.50. The fraction of sp³-hybridized carbons (Fsp3) is 0.952. The van der Waals surface area contributed by atoms with Gasteiger partial charge in [0.1, 0.15) is 6.10 Å². The lowest BCUT2D eigenvalue weighted by molar-refractivity contribution is -0.121. The molecule has 0 aromatic carbocycles. The number of rotatable bonds is 20. The SMILES string of the molecule is CCCCCCCCCCCCCCCC(=O)NCCO.O=P(O)(O)OCC(O)CO. The van der Waals surface area contributed by atoms with Crippen LogP contribution in [0.1, 0.15) is 96.8 Å². The molecule has 0 aromatic heterocycles. The van der Waals surface area contributed by atoms with E-state index in [1.807, 2.05) is 0 Å². The van der Waals surface area contributed by atoms with Gasteiger partial charge in [0, 0.05) is 13.0 Å². The number of carbonyl (C=O) groups is 1. The Bertz CT molecular complexity index is 434. The first-order valence-corrected chi connectivity index (χ1v) is 13.2. The van der Waals surface area contributed by atoms with Gasteiger partial charge in [0.15, 0.2) is 0 Å². The fourth-order valence-corrected chi connectivity index (χ4v) is 3.19. The van der Waals surface area contributed by atoms with E-state index in [4.69, 9.17) is 25.1 Å². The van der Waals surface area contributed by atoms with E-state index in [0.29, 0.717) is 13.0 Å². The van der Waals surface area contributed by atoms with Gasteiger partial charge in [0.25, 0.3) is 0 Å². The molecule has 0 aliphatic heterocycles. The van der Waals surface area contributed by atoms with Crippen LogP contribution in [-0.4, -0.2) is 63.5 Å². The van der Waals surface area contributed by atoms with Gasteiger partial charge in [-0.2, -0.15) is 0 Å². The van der Waals surface area contributed by atoms with Gasteiger partial charge in [0.2, 0.25) is 5.91 Å². The maximum atomic E-state index is 11.3. The van der Waals surface area contributed by atoms with Crippen LogP contribution in [0.3, 0.4) is 0 Å². The molecule has 0 heterocycles. The number of hydrogen-bond acceptors (Lipinski definition) is 6. The predicted octanol–water partition coefficient (Wildman–Crippen LogP) is 3.03. The maximum absolute atomic E-state index is 11.3. The number of carbonyl (C=O) groups excluding carboxylic acids is 1. The minimum Gasteiger partial charge on any atom is -0.395 e. The third kappa shape index (κ3) is 31.7. The Hall–Kier alpha value is -0.540. The van der Waals surface area contributed by atoms with Crippen LogP contribution < -0.4 is 5.32 Å². The minimum absolute atomic E-state index is 0.0321. The van der Waals surface area contributed by atoms with Gasteiger partial charge in [0.05, 0.1) is 19.8 Å². The van der Waals surface area contributed by atoms with Gasteiger partial charge in [-0.3, -0.25) is 9.32 Å². The summed E-state index contributed by atoms with van der Waals surface area (Å²) >= 11 is 0. The average Bonchev–Trinajstić information content (AvgIpc) is 2.73. The maximum Gasteiger partial charge on any atom is 0.469 e. The van der Waals surface area contributed by atoms with Gasteiger partial charge in [-0.1, -0.05) is 84.0 Å². The second kappa shape index (κ2) is 24.1. The van der Waals surface area contributed by atoms with Crippen molar-refractivity contribution in [1.82, 2.24) is 5.32 Å². The number of aliphatic hydroxyl groups is 3.